The number of aliphatic hydroxyl groups excluding tert-OH is 1. The van der Waals surface area contributed by atoms with Crippen LogP contribution in [0.25, 0.3) is 10.9 Å². The molecule has 1 N–H and O–H groups in total. The van der Waals surface area contributed by atoms with E-state index < -0.39 is 0 Å². The molecule has 2 aromatic heterocycles. The molecule has 2 heterocycles. The lowest BCUT2D eigenvalue weighted by Gasteiger charge is -2.10. The largest absolute Gasteiger partial charge is 0.392 e. The predicted molar refractivity (Wildman–Crippen MR) is 81.8 cm³/mol. The van der Waals surface area contributed by atoms with Crippen molar-refractivity contribution in [2.75, 3.05) is 0 Å². The Kier molecular flexibility index (Phi) is 3.75. The van der Waals surface area contributed by atoms with Crippen molar-refractivity contribution in [1.82, 2.24) is 19.3 Å². The van der Waals surface area contributed by atoms with Crippen LogP contribution in [0.3, 0.4) is 0 Å². The summed E-state index contributed by atoms with van der Waals surface area (Å²) in [6, 6.07) is 8.09. The Morgan fingerprint density at radius 2 is 2.10 bits per heavy atom. The van der Waals surface area contributed by atoms with Crippen molar-refractivity contribution >= 4 is 10.9 Å². The van der Waals surface area contributed by atoms with Gasteiger partial charge in [-0.15, -0.1) is 0 Å². The van der Waals surface area contributed by atoms with Crippen LogP contribution in [0.5, 0.6) is 0 Å². The van der Waals surface area contributed by atoms with E-state index in [0.29, 0.717) is 12.5 Å². The number of benzene rings is 1. The average molecular weight is 284 g/mol. The van der Waals surface area contributed by atoms with Gasteiger partial charge in [0.05, 0.1) is 13.2 Å². The molecule has 5 heteroatoms. The average Bonchev–Trinajstić information content (AvgIpc) is 3.06. The Labute approximate surface area is 123 Å². The standard InChI is InChI=1S/C16H20N4O/c1-12(2)8-20-16(17-11-18-20)9-19-6-5-14-7-13(10-21)3-4-15(14)19/h3-7,11-12,21H,8-10H2,1-2H3. The third-order valence-electron chi connectivity index (χ3n) is 3.56. The first-order chi connectivity index (χ1) is 10.2. The molecule has 0 spiro atoms. The van der Waals surface area contributed by atoms with Gasteiger partial charge in [0, 0.05) is 18.3 Å². The van der Waals surface area contributed by atoms with E-state index in [2.05, 4.69) is 40.8 Å². The van der Waals surface area contributed by atoms with Crippen LogP contribution in [-0.2, 0) is 19.7 Å². The fourth-order valence-corrected chi connectivity index (χ4v) is 2.55. The molecular formula is C16H20N4O. The lowest BCUT2D eigenvalue weighted by Crippen LogP contribution is -2.12. The number of aliphatic hydroxyl groups is 1. The van der Waals surface area contributed by atoms with Gasteiger partial charge in [0.2, 0.25) is 0 Å². The molecule has 21 heavy (non-hydrogen) atoms. The molecule has 0 aliphatic rings. The van der Waals surface area contributed by atoms with Gasteiger partial charge in [-0.2, -0.15) is 5.10 Å². The normalized spacial score (nSPS) is 11.6. The summed E-state index contributed by atoms with van der Waals surface area (Å²) in [5, 5.41) is 14.6. The summed E-state index contributed by atoms with van der Waals surface area (Å²) < 4.78 is 4.13. The number of hydrogen-bond acceptors (Lipinski definition) is 3. The maximum atomic E-state index is 9.20. The molecule has 0 saturated heterocycles. The highest BCUT2D eigenvalue weighted by Crippen LogP contribution is 2.19. The minimum absolute atomic E-state index is 0.0732. The minimum atomic E-state index is 0.0732. The van der Waals surface area contributed by atoms with Crippen molar-refractivity contribution in [3.63, 3.8) is 0 Å². The molecule has 1 aromatic carbocycles. The molecule has 0 fully saturated rings. The van der Waals surface area contributed by atoms with Crippen molar-refractivity contribution in [1.29, 1.82) is 0 Å². The Hall–Kier alpha value is -2.14. The van der Waals surface area contributed by atoms with E-state index >= 15 is 0 Å². The topological polar surface area (TPSA) is 55.9 Å². The number of fused-ring (bicyclic) bond motifs is 1. The maximum absolute atomic E-state index is 9.20. The first-order valence-corrected chi connectivity index (χ1v) is 7.22. The number of nitrogens with zero attached hydrogens (tertiary/aromatic N) is 4. The molecule has 3 rings (SSSR count). The van der Waals surface area contributed by atoms with Crippen molar-refractivity contribution in [2.24, 2.45) is 5.92 Å². The first kappa shape index (κ1) is 13.8. The van der Waals surface area contributed by atoms with Crippen molar-refractivity contribution in [3.05, 3.63) is 48.2 Å². The summed E-state index contributed by atoms with van der Waals surface area (Å²) in [5.74, 6) is 1.51. The van der Waals surface area contributed by atoms with E-state index in [4.69, 9.17) is 0 Å². The van der Waals surface area contributed by atoms with Gasteiger partial charge in [-0.1, -0.05) is 19.9 Å². The molecule has 0 atom stereocenters. The Bertz CT molecular complexity index is 742. The summed E-state index contributed by atoms with van der Waals surface area (Å²) in [7, 11) is 0. The van der Waals surface area contributed by atoms with E-state index in [-0.39, 0.29) is 6.61 Å². The van der Waals surface area contributed by atoms with Crippen LogP contribution >= 0.6 is 0 Å². The zero-order valence-corrected chi connectivity index (χ0v) is 12.4. The van der Waals surface area contributed by atoms with E-state index in [9.17, 15) is 5.11 Å². The van der Waals surface area contributed by atoms with Crippen LogP contribution < -0.4 is 0 Å². The summed E-state index contributed by atoms with van der Waals surface area (Å²) in [4.78, 5) is 4.38. The van der Waals surface area contributed by atoms with E-state index in [1.165, 1.54) is 0 Å². The SMILES string of the molecule is CC(C)Cn1ncnc1Cn1ccc2cc(CO)ccc21. The Morgan fingerprint density at radius 1 is 1.24 bits per heavy atom. The smallest absolute Gasteiger partial charge is 0.146 e. The molecule has 110 valence electrons. The molecular weight excluding hydrogens is 264 g/mol. The maximum Gasteiger partial charge on any atom is 0.146 e. The lowest BCUT2D eigenvalue weighted by atomic mass is 10.2. The highest BCUT2D eigenvalue weighted by atomic mass is 16.3. The fraction of sp³-hybridized carbons (Fsp3) is 0.375. The summed E-state index contributed by atoms with van der Waals surface area (Å²) in [5.41, 5.74) is 2.08. The molecule has 0 saturated carbocycles. The van der Waals surface area contributed by atoms with Gasteiger partial charge >= 0.3 is 0 Å². The quantitative estimate of drug-likeness (QED) is 0.783. The second-order valence-corrected chi connectivity index (χ2v) is 5.75. The van der Waals surface area contributed by atoms with Crippen LogP contribution in [0, 0.1) is 5.92 Å². The van der Waals surface area contributed by atoms with Crippen molar-refractivity contribution in [2.45, 2.75) is 33.5 Å². The third-order valence-corrected chi connectivity index (χ3v) is 3.56. The zero-order chi connectivity index (χ0) is 14.8. The highest BCUT2D eigenvalue weighted by molar-refractivity contribution is 5.80. The highest BCUT2D eigenvalue weighted by Gasteiger charge is 2.09. The third kappa shape index (κ3) is 2.83. The van der Waals surface area contributed by atoms with Crippen LogP contribution in [0.15, 0.2) is 36.8 Å². The molecule has 0 unspecified atom stereocenters. The van der Waals surface area contributed by atoms with Gasteiger partial charge in [0.15, 0.2) is 0 Å². The Balaban J connectivity index is 1.90. The Morgan fingerprint density at radius 3 is 2.86 bits per heavy atom. The number of hydrogen-bond donors (Lipinski definition) is 1. The molecule has 0 aliphatic carbocycles. The fourth-order valence-electron chi connectivity index (χ4n) is 2.55. The molecule has 0 amide bonds. The number of rotatable bonds is 5. The van der Waals surface area contributed by atoms with Crippen LogP contribution in [0.1, 0.15) is 25.2 Å². The molecule has 0 radical (unpaired) electrons. The van der Waals surface area contributed by atoms with Gasteiger partial charge < -0.3 is 9.67 Å². The predicted octanol–water partition coefficient (Wildman–Crippen LogP) is 2.43. The molecule has 0 aliphatic heterocycles. The van der Waals surface area contributed by atoms with E-state index in [0.717, 1.165) is 28.8 Å². The van der Waals surface area contributed by atoms with Gasteiger partial charge in [0.1, 0.15) is 12.2 Å². The van der Waals surface area contributed by atoms with E-state index in [1.807, 2.05) is 22.9 Å². The van der Waals surface area contributed by atoms with E-state index in [1.54, 1.807) is 6.33 Å². The van der Waals surface area contributed by atoms with Crippen LogP contribution in [0.4, 0.5) is 0 Å². The molecule has 3 aromatic rings. The van der Waals surface area contributed by atoms with Crippen molar-refractivity contribution < 1.29 is 5.11 Å². The van der Waals surface area contributed by atoms with Gasteiger partial charge in [-0.05, 0) is 35.1 Å². The van der Waals surface area contributed by atoms with Gasteiger partial charge in [-0.3, -0.25) is 0 Å². The minimum Gasteiger partial charge on any atom is -0.392 e. The lowest BCUT2D eigenvalue weighted by molar-refractivity contribution is 0.282. The summed E-state index contributed by atoms with van der Waals surface area (Å²) in [6.45, 7) is 6.00. The molecule has 5 nitrogen and oxygen atoms in total. The van der Waals surface area contributed by atoms with Crippen LogP contribution in [0.2, 0.25) is 0 Å². The second-order valence-electron chi connectivity index (χ2n) is 5.75. The van der Waals surface area contributed by atoms with Crippen molar-refractivity contribution in [3.8, 4) is 0 Å². The monoisotopic (exact) mass is 284 g/mol. The summed E-state index contributed by atoms with van der Waals surface area (Å²) in [6.07, 6.45) is 3.67. The van der Waals surface area contributed by atoms with Gasteiger partial charge in [0.25, 0.3) is 0 Å². The van der Waals surface area contributed by atoms with Gasteiger partial charge in [-0.25, -0.2) is 9.67 Å². The number of aromatic nitrogens is 4. The zero-order valence-electron chi connectivity index (χ0n) is 12.4. The molecule has 0 bridgehead atoms. The first-order valence-electron chi connectivity index (χ1n) is 7.22. The summed E-state index contributed by atoms with van der Waals surface area (Å²) >= 11 is 0. The second kappa shape index (κ2) is 5.69. The van der Waals surface area contributed by atoms with Crippen LogP contribution in [-0.4, -0.2) is 24.4 Å².